The fraction of sp³-hybridized carbons (Fsp3) is 1.00. The average Bonchev–Trinajstić information content (AvgIpc) is 3.09. The topological polar surface area (TPSA) is 15.7 Å². The van der Waals surface area contributed by atoms with Crippen molar-refractivity contribution in [2.75, 3.05) is 40.4 Å². The molecular weight excluding hydrogens is 212 g/mol. The van der Waals surface area contributed by atoms with Crippen LogP contribution in [-0.4, -0.2) is 62.3 Å². The Bertz CT molecular complexity index is 249. The molecular formula is C14H26N2O. The van der Waals surface area contributed by atoms with Crippen molar-refractivity contribution in [1.82, 2.24) is 9.80 Å². The smallest absolute Gasteiger partial charge is 0.0480 e. The first-order valence-corrected chi connectivity index (χ1v) is 7.24. The first-order chi connectivity index (χ1) is 8.25. The lowest BCUT2D eigenvalue weighted by Crippen LogP contribution is -2.40. The van der Waals surface area contributed by atoms with Crippen molar-refractivity contribution < 1.29 is 4.74 Å². The molecule has 98 valence electrons. The van der Waals surface area contributed by atoms with Crippen LogP contribution in [0.15, 0.2) is 0 Å². The largest absolute Gasteiger partial charge is 0.381 e. The van der Waals surface area contributed by atoms with Crippen LogP contribution in [0.2, 0.25) is 0 Å². The number of likely N-dealkylation sites (tertiary alicyclic amines) is 1. The van der Waals surface area contributed by atoms with Gasteiger partial charge in [-0.1, -0.05) is 0 Å². The van der Waals surface area contributed by atoms with Crippen LogP contribution in [0.3, 0.4) is 0 Å². The van der Waals surface area contributed by atoms with Gasteiger partial charge in [-0.15, -0.1) is 0 Å². The molecule has 0 aromatic rings. The summed E-state index contributed by atoms with van der Waals surface area (Å²) < 4.78 is 5.48. The maximum Gasteiger partial charge on any atom is 0.0480 e. The van der Waals surface area contributed by atoms with E-state index in [1.54, 1.807) is 0 Å². The molecule has 3 heteroatoms. The molecule has 2 saturated heterocycles. The van der Waals surface area contributed by atoms with Gasteiger partial charge in [-0.25, -0.2) is 0 Å². The lowest BCUT2D eigenvalue weighted by Gasteiger charge is -2.31. The molecule has 3 rings (SSSR count). The summed E-state index contributed by atoms with van der Waals surface area (Å²) in [7, 11) is 4.51. The van der Waals surface area contributed by atoms with Crippen molar-refractivity contribution in [1.29, 1.82) is 0 Å². The lowest BCUT2D eigenvalue weighted by molar-refractivity contribution is 0.0397. The van der Waals surface area contributed by atoms with Gasteiger partial charge in [0, 0.05) is 38.4 Å². The third-order valence-electron chi connectivity index (χ3n) is 4.96. The van der Waals surface area contributed by atoms with E-state index in [1.165, 1.54) is 38.8 Å². The summed E-state index contributed by atoms with van der Waals surface area (Å²) in [6.07, 6.45) is 5.46. The SMILES string of the molecule is CN(C)[C@@H]1CN(C2CCOCC2)C[C@H]1C1CC1. The predicted molar refractivity (Wildman–Crippen MR) is 69.1 cm³/mol. The molecule has 17 heavy (non-hydrogen) atoms. The van der Waals surface area contributed by atoms with Crippen LogP contribution in [0.4, 0.5) is 0 Å². The zero-order chi connectivity index (χ0) is 11.8. The van der Waals surface area contributed by atoms with E-state index in [4.69, 9.17) is 4.74 Å². The van der Waals surface area contributed by atoms with E-state index >= 15 is 0 Å². The number of rotatable bonds is 3. The van der Waals surface area contributed by atoms with E-state index in [9.17, 15) is 0 Å². The van der Waals surface area contributed by atoms with Gasteiger partial charge < -0.3 is 9.64 Å². The second kappa shape index (κ2) is 4.87. The molecule has 3 fully saturated rings. The minimum atomic E-state index is 0.797. The van der Waals surface area contributed by atoms with Gasteiger partial charge in [-0.2, -0.15) is 0 Å². The zero-order valence-corrected chi connectivity index (χ0v) is 11.3. The van der Waals surface area contributed by atoms with Gasteiger partial charge >= 0.3 is 0 Å². The van der Waals surface area contributed by atoms with Crippen molar-refractivity contribution >= 4 is 0 Å². The highest BCUT2D eigenvalue weighted by atomic mass is 16.5. The highest BCUT2D eigenvalue weighted by Gasteiger charge is 2.44. The van der Waals surface area contributed by atoms with E-state index in [2.05, 4.69) is 23.9 Å². The molecule has 2 heterocycles. The molecule has 0 spiro atoms. The van der Waals surface area contributed by atoms with Crippen LogP contribution < -0.4 is 0 Å². The maximum atomic E-state index is 5.48. The first-order valence-electron chi connectivity index (χ1n) is 7.24. The second-order valence-electron chi connectivity index (χ2n) is 6.33. The molecule has 0 N–H and O–H groups in total. The Hall–Kier alpha value is -0.120. The van der Waals surface area contributed by atoms with Crippen molar-refractivity contribution in [3.05, 3.63) is 0 Å². The summed E-state index contributed by atoms with van der Waals surface area (Å²) in [5.41, 5.74) is 0. The molecule has 3 nitrogen and oxygen atoms in total. The zero-order valence-electron chi connectivity index (χ0n) is 11.3. The molecule has 0 aromatic heterocycles. The minimum absolute atomic E-state index is 0.797. The number of hydrogen-bond acceptors (Lipinski definition) is 3. The van der Waals surface area contributed by atoms with Gasteiger partial charge in [0.25, 0.3) is 0 Å². The number of nitrogens with zero attached hydrogens (tertiary/aromatic N) is 2. The molecule has 1 aliphatic carbocycles. The summed E-state index contributed by atoms with van der Waals surface area (Å²) in [6.45, 7) is 4.58. The van der Waals surface area contributed by atoms with Gasteiger partial charge in [-0.05, 0) is 51.6 Å². The molecule has 1 saturated carbocycles. The molecule has 0 unspecified atom stereocenters. The molecule has 2 aliphatic heterocycles. The van der Waals surface area contributed by atoms with Crippen molar-refractivity contribution in [2.45, 2.75) is 37.8 Å². The Morgan fingerprint density at radius 2 is 1.71 bits per heavy atom. The summed E-state index contributed by atoms with van der Waals surface area (Å²) in [5, 5.41) is 0. The highest BCUT2D eigenvalue weighted by molar-refractivity contribution is 4.98. The molecule has 0 radical (unpaired) electrons. The van der Waals surface area contributed by atoms with E-state index in [0.717, 1.165) is 37.1 Å². The maximum absolute atomic E-state index is 5.48. The predicted octanol–water partition coefficient (Wildman–Crippen LogP) is 1.44. The number of hydrogen-bond donors (Lipinski definition) is 0. The van der Waals surface area contributed by atoms with Crippen LogP contribution in [0.5, 0.6) is 0 Å². The Morgan fingerprint density at radius 1 is 1.00 bits per heavy atom. The van der Waals surface area contributed by atoms with Gasteiger partial charge in [0.05, 0.1) is 0 Å². The second-order valence-corrected chi connectivity index (χ2v) is 6.33. The van der Waals surface area contributed by atoms with Crippen LogP contribution in [0, 0.1) is 11.8 Å². The van der Waals surface area contributed by atoms with Gasteiger partial charge in [0.1, 0.15) is 0 Å². The van der Waals surface area contributed by atoms with Gasteiger partial charge in [0.15, 0.2) is 0 Å². The monoisotopic (exact) mass is 238 g/mol. The van der Waals surface area contributed by atoms with Crippen LogP contribution >= 0.6 is 0 Å². The Balaban J connectivity index is 1.63. The van der Waals surface area contributed by atoms with Crippen LogP contribution in [0.25, 0.3) is 0 Å². The summed E-state index contributed by atoms with van der Waals surface area (Å²) in [6, 6.07) is 1.60. The summed E-state index contributed by atoms with van der Waals surface area (Å²) in [4.78, 5) is 5.22. The minimum Gasteiger partial charge on any atom is -0.381 e. The molecule has 0 aromatic carbocycles. The van der Waals surface area contributed by atoms with Gasteiger partial charge in [-0.3, -0.25) is 4.90 Å². The highest BCUT2D eigenvalue weighted by Crippen LogP contribution is 2.43. The average molecular weight is 238 g/mol. The standard InChI is InChI=1S/C14H26N2O/c1-15(2)14-10-16(9-13(14)11-3-4-11)12-5-7-17-8-6-12/h11-14H,3-10H2,1-2H3/t13-,14+/m0/s1. The Labute approximate surface area is 105 Å². The van der Waals surface area contributed by atoms with E-state index in [-0.39, 0.29) is 0 Å². The third-order valence-corrected chi connectivity index (χ3v) is 4.96. The fourth-order valence-electron chi connectivity index (χ4n) is 3.72. The molecule has 0 amide bonds. The Kier molecular flexibility index (Phi) is 3.42. The molecule has 2 atom stereocenters. The number of likely N-dealkylation sites (N-methyl/N-ethyl adjacent to an activating group) is 1. The fourth-order valence-corrected chi connectivity index (χ4v) is 3.72. The van der Waals surface area contributed by atoms with Crippen LogP contribution in [0.1, 0.15) is 25.7 Å². The van der Waals surface area contributed by atoms with Crippen molar-refractivity contribution in [3.8, 4) is 0 Å². The molecule has 0 bridgehead atoms. The van der Waals surface area contributed by atoms with E-state index in [1.807, 2.05) is 0 Å². The van der Waals surface area contributed by atoms with E-state index in [0.29, 0.717) is 0 Å². The quantitative estimate of drug-likeness (QED) is 0.740. The Morgan fingerprint density at radius 3 is 2.29 bits per heavy atom. The van der Waals surface area contributed by atoms with Gasteiger partial charge in [0.2, 0.25) is 0 Å². The first kappa shape index (κ1) is 11.9. The summed E-state index contributed by atoms with van der Waals surface area (Å²) >= 11 is 0. The molecule has 3 aliphatic rings. The number of ether oxygens (including phenoxy) is 1. The normalized spacial score (nSPS) is 36.9. The van der Waals surface area contributed by atoms with E-state index < -0.39 is 0 Å². The van der Waals surface area contributed by atoms with Crippen molar-refractivity contribution in [2.24, 2.45) is 11.8 Å². The third kappa shape index (κ3) is 2.51. The van der Waals surface area contributed by atoms with Crippen LogP contribution in [-0.2, 0) is 4.74 Å². The van der Waals surface area contributed by atoms with Crippen molar-refractivity contribution in [3.63, 3.8) is 0 Å². The summed E-state index contributed by atoms with van der Waals surface area (Å²) in [5.74, 6) is 1.97. The lowest BCUT2D eigenvalue weighted by atomic mass is 9.97.